The zero-order chi connectivity index (χ0) is 19.6. The lowest BCUT2D eigenvalue weighted by Gasteiger charge is -2.22. The third kappa shape index (κ3) is 3.69. The number of nitrogens with zero attached hydrogens (tertiary/aromatic N) is 3. The van der Waals surface area contributed by atoms with Gasteiger partial charge in [0.05, 0.1) is 17.1 Å². The maximum atomic E-state index is 12.9. The van der Waals surface area contributed by atoms with Crippen LogP contribution in [0.1, 0.15) is 42.5 Å². The van der Waals surface area contributed by atoms with E-state index in [9.17, 15) is 4.79 Å². The molecule has 0 spiro atoms. The van der Waals surface area contributed by atoms with Gasteiger partial charge in [-0.1, -0.05) is 56.3 Å². The summed E-state index contributed by atoms with van der Waals surface area (Å²) in [7, 11) is 1.85. The Hall–Kier alpha value is -3.15. The fraction of sp³-hybridized carbons (Fsp3) is 0.286. The molecule has 27 heavy (non-hydrogen) atoms. The molecule has 140 valence electrons. The minimum absolute atomic E-state index is 0.0811. The molecule has 1 heterocycles. The number of carbonyl (C=O) groups is 1. The number of aromatic nitrogens is 3. The number of anilines is 2. The average Bonchev–Trinajstić information content (AvgIpc) is 3.02. The number of hydrogen-bond acceptors (Lipinski definition) is 4. The van der Waals surface area contributed by atoms with Crippen molar-refractivity contribution < 1.29 is 4.79 Å². The van der Waals surface area contributed by atoms with Crippen LogP contribution in [-0.2, 0) is 5.41 Å². The number of benzene rings is 2. The van der Waals surface area contributed by atoms with Gasteiger partial charge in [-0.15, -0.1) is 5.10 Å². The van der Waals surface area contributed by atoms with Gasteiger partial charge in [0, 0.05) is 12.7 Å². The van der Waals surface area contributed by atoms with Gasteiger partial charge < -0.3 is 10.6 Å². The summed E-state index contributed by atoms with van der Waals surface area (Å²) in [5.41, 5.74) is 4.54. The highest BCUT2D eigenvalue weighted by Gasteiger charge is 2.22. The van der Waals surface area contributed by atoms with Crippen molar-refractivity contribution >= 4 is 17.3 Å². The van der Waals surface area contributed by atoms with E-state index in [1.54, 1.807) is 4.68 Å². The average molecular weight is 363 g/mol. The van der Waals surface area contributed by atoms with Crippen molar-refractivity contribution in [3.8, 4) is 5.69 Å². The lowest BCUT2D eigenvalue weighted by molar-refractivity contribution is 0.102. The van der Waals surface area contributed by atoms with Crippen LogP contribution in [0.3, 0.4) is 0 Å². The van der Waals surface area contributed by atoms with Crippen LogP contribution >= 0.6 is 0 Å². The van der Waals surface area contributed by atoms with Gasteiger partial charge in [0.25, 0.3) is 5.91 Å². The molecule has 0 aliphatic heterocycles. The molecule has 0 unspecified atom stereocenters. The number of nitrogens with one attached hydrogen (secondary N) is 2. The molecule has 6 heteroatoms. The second-order valence-corrected chi connectivity index (χ2v) is 7.45. The van der Waals surface area contributed by atoms with Gasteiger partial charge in [-0.3, -0.25) is 4.79 Å². The highest BCUT2D eigenvalue weighted by Crippen LogP contribution is 2.29. The molecule has 0 atom stereocenters. The summed E-state index contributed by atoms with van der Waals surface area (Å²) in [5, 5.41) is 14.5. The van der Waals surface area contributed by atoms with Crippen LogP contribution in [0, 0.1) is 6.92 Å². The maximum absolute atomic E-state index is 12.9. The summed E-state index contributed by atoms with van der Waals surface area (Å²) in [6.45, 7) is 8.20. The first-order valence-electron chi connectivity index (χ1n) is 8.93. The number of para-hydroxylation sites is 3. The topological polar surface area (TPSA) is 71.8 Å². The van der Waals surface area contributed by atoms with Crippen molar-refractivity contribution in [1.29, 1.82) is 0 Å². The molecule has 0 radical (unpaired) electrons. The Bertz CT molecular complexity index is 969. The van der Waals surface area contributed by atoms with Crippen LogP contribution in [0.4, 0.5) is 11.4 Å². The van der Waals surface area contributed by atoms with Crippen molar-refractivity contribution in [2.75, 3.05) is 17.7 Å². The SMILES string of the molecule is CNc1ccccc1-n1nnc(C(=O)Nc2ccccc2C(C)(C)C)c1C. The van der Waals surface area contributed by atoms with Gasteiger partial charge in [0.1, 0.15) is 0 Å². The minimum atomic E-state index is -0.266. The lowest BCUT2D eigenvalue weighted by Crippen LogP contribution is -2.19. The largest absolute Gasteiger partial charge is 0.386 e. The fourth-order valence-corrected chi connectivity index (χ4v) is 3.07. The van der Waals surface area contributed by atoms with Crippen molar-refractivity contribution in [3.63, 3.8) is 0 Å². The Morgan fingerprint density at radius 2 is 1.63 bits per heavy atom. The summed E-state index contributed by atoms with van der Waals surface area (Å²) >= 11 is 0. The van der Waals surface area contributed by atoms with Crippen molar-refractivity contribution in [2.45, 2.75) is 33.1 Å². The molecular weight excluding hydrogens is 338 g/mol. The van der Waals surface area contributed by atoms with Crippen LogP contribution < -0.4 is 10.6 Å². The zero-order valence-corrected chi connectivity index (χ0v) is 16.4. The summed E-state index contributed by atoms with van der Waals surface area (Å²) in [4.78, 5) is 12.9. The summed E-state index contributed by atoms with van der Waals surface area (Å²) in [6, 6.07) is 15.6. The third-order valence-electron chi connectivity index (χ3n) is 4.49. The van der Waals surface area contributed by atoms with E-state index in [0.29, 0.717) is 11.4 Å². The first-order valence-corrected chi connectivity index (χ1v) is 8.93. The van der Waals surface area contributed by atoms with E-state index in [0.717, 1.165) is 22.6 Å². The Kier molecular flexibility index (Phi) is 4.99. The highest BCUT2D eigenvalue weighted by molar-refractivity contribution is 6.04. The van der Waals surface area contributed by atoms with Crippen LogP contribution in [0.15, 0.2) is 48.5 Å². The van der Waals surface area contributed by atoms with Crippen LogP contribution in [-0.4, -0.2) is 27.9 Å². The Balaban J connectivity index is 1.93. The van der Waals surface area contributed by atoms with E-state index in [1.807, 2.05) is 62.5 Å². The quantitative estimate of drug-likeness (QED) is 0.730. The smallest absolute Gasteiger partial charge is 0.278 e. The van der Waals surface area contributed by atoms with Crippen molar-refractivity contribution in [1.82, 2.24) is 15.0 Å². The molecule has 2 aromatic carbocycles. The Morgan fingerprint density at radius 1 is 1.00 bits per heavy atom. The van der Waals surface area contributed by atoms with Gasteiger partial charge in [0.2, 0.25) is 0 Å². The molecule has 0 aliphatic rings. The maximum Gasteiger partial charge on any atom is 0.278 e. The van der Waals surface area contributed by atoms with Crippen LogP contribution in [0.5, 0.6) is 0 Å². The molecule has 0 saturated carbocycles. The van der Waals surface area contributed by atoms with Crippen molar-refractivity contribution in [2.24, 2.45) is 0 Å². The zero-order valence-electron chi connectivity index (χ0n) is 16.4. The predicted octanol–water partition coefficient (Wildman–Crippen LogP) is 4.17. The van der Waals surface area contributed by atoms with Gasteiger partial charge in [-0.05, 0) is 36.1 Å². The molecule has 0 bridgehead atoms. The van der Waals surface area contributed by atoms with E-state index in [-0.39, 0.29) is 11.3 Å². The van der Waals surface area contributed by atoms with Crippen LogP contribution in [0.25, 0.3) is 5.69 Å². The van der Waals surface area contributed by atoms with Gasteiger partial charge >= 0.3 is 0 Å². The molecule has 0 aliphatic carbocycles. The van der Waals surface area contributed by atoms with E-state index < -0.39 is 0 Å². The number of carbonyl (C=O) groups excluding carboxylic acids is 1. The minimum Gasteiger partial charge on any atom is -0.386 e. The second-order valence-electron chi connectivity index (χ2n) is 7.45. The Morgan fingerprint density at radius 3 is 2.30 bits per heavy atom. The molecule has 6 nitrogen and oxygen atoms in total. The molecular formula is C21H25N5O. The fourth-order valence-electron chi connectivity index (χ4n) is 3.07. The van der Waals surface area contributed by atoms with Crippen LogP contribution in [0.2, 0.25) is 0 Å². The highest BCUT2D eigenvalue weighted by atomic mass is 16.2. The van der Waals surface area contributed by atoms with Gasteiger partial charge in [0.15, 0.2) is 5.69 Å². The number of hydrogen-bond donors (Lipinski definition) is 2. The molecule has 2 N–H and O–H groups in total. The molecule has 1 aromatic heterocycles. The summed E-state index contributed by atoms with van der Waals surface area (Å²) < 4.78 is 1.68. The van der Waals surface area contributed by atoms with Gasteiger partial charge in [-0.25, -0.2) is 4.68 Å². The first kappa shape index (κ1) is 18.6. The van der Waals surface area contributed by atoms with E-state index in [2.05, 4.69) is 41.7 Å². The number of rotatable bonds is 4. The molecule has 1 amide bonds. The van der Waals surface area contributed by atoms with E-state index >= 15 is 0 Å². The van der Waals surface area contributed by atoms with E-state index in [1.165, 1.54) is 0 Å². The van der Waals surface area contributed by atoms with Crippen molar-refractivity contribution in [3.05, 3.63) is 65.5 Å². The van der Waals surface area contributed by atoms with E-state index in [4.69, 9.17) is 0 Å². The second kappa shape index (κ2) is 7.23. The van der Waals surface area contributed by atoms with Gasteiger partial charge in [-0.2, -0.15) is 0 Å². The molecule has 0 fully saturated rings. The first-order chi connectivity index (χ1) is 12.8. The Labute approximate surface area is 159 Å². The molecule has 3 rings (SSSR count). The molecule has 3 aromatic rings. The summed E-state index contributed by atoms with van der Waals surface area (Å²) in [6.07, 6.45) is 0. The third-order valence-corrected chi connectivity index (χ3v) is 4.49. The molecule has 0 saturated heterocycles. The standard InChI is InChI=1S/C21H25N5O/c1-14-19(24-25-26(14)18-13-9-8-12-17(18)22-5)20(27)23-16-11-7-6-10-15(16)21(2,3)4/h6-13,22H,1-5H3,(H,23,27). The summed E-state index contributed by atoms with van der Waals surface area (Å²) in [5.74, 6) is -0.266. The normalized spacial score (nSPS) is 11.3. The predicted molar refractivity (Wildman–Crippen MR) is 109 cm³/mol. The lowest BCUT2D eigenvalue weighted by atomic mass is 9.86. The monoisotopic (exact) mass is 363 g/mol. The number of amides is 1.